The molecule has 1 aliphatic carbocycles. The topological polar surface area (TPSA) is 81.6 Å². The van der Waals surface area contributed by atoms with Gasteiger partial charge in [-0.15, -0.1) is 13.2 Å². The molecular weight excluding hydrogens is 322 g/mol. The lowest BCUT2D eigenvalue weighted by atomic mass is 9.91. The van der Waals surface area contributed by atoms with Crippen molar-refractivity contribution in [2.24, 2.45) is 0 Å². The molecule has 2 aliphatic rings. The van der Waals surface area contributed by atoms with Crippen molar-refractivity contribution in [3.63, 3.8) is 0 Å². The maximum Gasteiger partial charge on any atom is 0.338 e. The molecule has 130 valence electrons. The van der Waals surface area contributed by atoms with Crippen molar-refractivity contribution in [1.29, 1.82) is 0 Å². The molecule has 0 saturated carbocycles. The lowest BCUT2D eigenvalue weighted by molar-refractivity contribution is -0.131. The van der Waals surface area contributed by atoms with Crippen LogP contribution in [0.4, 0.5) is 0 Å². The van der Waals surface area contributed by atoms with Gasteiger partial charge in [-0.25, -0.2) is 9.59 Å². The Labute approximate surface area is 145 Å². The van der Waals surface area contributed by atoms with Crippen LogP contribution in [0, 0.1) is 0 Å². The third-order valence-corrected chi connectivity index (χ3v) is 4.18. The highest BCUT2D eigenvalue weighted by atomic mass is 16.6. The molecule has 0 spiro atoms. The zero-order valence-electron chi connectivity index (χ0n) is 13.8. The maximum atomic E-state index is 11.8. The van der Waals surface area contributed by atoms with E-state index in [2.05, 4.69) is 28.0 Å². The first-order chi connectivity index (χ1) is 12.1. The summed E-state index contributed by atoms with van der Waals surface area (Å²) in [6, 6.07) is 0.143. The fourth-order valence-corrected chi connectivity index (χ4v) is 3.07. The molecule has 0 aromatic carbocycles. The minimum absolute atomic E-state index is 0.0920. The Hall–Kier alpha value is -2.80. The van der Waals surface area contributed by atoms with Crippen LogP contribution in [0.3, 0.4) is 0 Å². The van der Waals surface area contributed by atoms with Crippen molar-refractivity contribution < 1.29 is 19.1 Å². The number of rotatable bonds is 5. The molecule has 0 radical (unpaired) electrons. The van der Waals surface area contributed by atoms with Crippen LogP contribution in [-0.4, -0.2) is 45.9 Å². The summed E-state index contributed by atoms with van der Waals surface area (Å²) in [5, 5.41) is 0. The summed E-state index contributed by atoms with van der Waals surface area (Å²) in [5.41, 5.74) is 1.52. The van der Waals surface area contributed by atoms with E-state index < -0.39 is 11.9 Å². The number of carbonyl (C=O) groups excluding carboxylic acids is 2. The zero-order valence-corrected chi connectivity index (χ0v) is 13.8. The van der Waals surface area contributed by atoms with Crippen molar-refractivity contribution in [3.8, 4) is 11.9 Å². The van der Waals surface area contributed by atoms with Gasteiger partial charge in [0.2, 0.25) is 5.88 Å². The van der Waals surface area contributed by atoms with Crippen molar-refractivity contribution >= 4 is 11.9 Å². The van der Waals surface area contributed by atoms with E-state index in [1.807, 2.05) is 12.2 Å². The minimum atomic E-state index is -0.707. The number of hydrogen-bond donors (Lipinski definition) is 0. The summed E-state index contributed by atoms with van der Waals surface area (Å²) in [7, 11) is 0. The Kier molecular flexibility index (Phi) is 5.04. The quantitative estimate of drug-likeness (QED) is 0.591. The van der Waals surface area contributed by atoms with E-state index in [4.69, 9.17) is 9.47 Å². The van der Waals surface area contributed by atoms with Crippen LogP contribution in [-0.2, 0) is 22.4 Å². The molecule has 1 aromatic heterocycles. The number of fused-ring (bicyclic) bond motifs is 4. The van der Waals surface area contributed by atoms with Gasteiger partial charge in [0.05, 0.1) is 5.69 Å². The number of aryl methyl sites for hydroxylation is 1. The van der Waals surface area contributed by atoms with E-state index in [-0.39, 0.29) is 17.9 Å². The van der Waals surface area contributed by atoms with Gasteiger partial charge in [-0.3, -0.25) is 4.90 Å². The van der Waals surface area contributed by atoms with E-state index in [0.717, 1.165) is 42.9 Å². The van der Waals surface area contributed by atoms with E-state index >= 15 is 0 Å². The van der Waals surface area contributed by atoms with E-state index in [0.29, 0.717) is 12.8 Å². The van der Waals surface area contributed by atoms with Gasteiger partial charge in [-0.2, -0.15) is 9.97 Å². The molecular formula is C18H19N3O4. The van der Waals surface area contributed by atoms with Crippen LogP contribution in [0.15, 0.2) is 37.5 Å². The predicted molar refractivity (Wildman–Crippen MR) is 90.2 cm³/mol. The number of carbonyl (C=O) groups is 2. The van der Waals surface area contributed by atoms with Crippen LogP contribution in [0.5, 0.6) is 11.9 Å². The summed E-state index contributed by atoms with van der Waals surface area (Å²) in [5.74, 6) is -1.21. The summed E-state index contributed by atoms with van der Waals surface area (Å²) >= 11 is 0. The molecule has 7 nitrogen and oxygen atoms in total. The molecule has 0 fully saturated rings. The second-order valence-corrected chi connectivity index (χ2v) is 5.84. The molecule has 2 bridgehead atoms. The lowest BCUT2D eigenvalue weighted by Gasteiger charge is -2.33. The van der Waals surface area contributed by atoms with Gasteiger partial charge in [0.15, 0.2) is 0 Å². The van der Waals surface area contributed by atoms with Crippen molar-refractivity contribution in [2.75, 3.05) is 13.1 Å². The summed E-state index contributed by atoms with van der Waals surface area (Å²) in [6.07, 6.45) is 7.92. The van der Waals surface area contributed by atoms with Gasteiger partial charge >= 0.3 is 17.9 Å². The molecule has 2 heterocycles. The molecule has 0 amide bonds. The van der Waals surface area contributed by atoms with Crippen LogP contribution in [0.2, 0.25) is 0 Å². The van der Waals surface area contributed by atoms with Crippen LogP contribution < -0.4 is 9.47 Å². The molecule has 1 atom stereocenters. The Morgan fingerprint density at radius 2 is 1.80 bits per heavy atom. The highest BCUT2D eigenvalue weighted by molar-refractivity contribution is 5.93. The standard InChI is InChI=1S/C18H19N3O4/c1-3-9-21(10-4-2)12-5-6-14-13(11-12)17-20-18(19-14)25-16(23)8-7-15(22)24-17/h3-4,7-8,12H,1-2,5-6,9-11H2/b8-7-. The van der Waals surface area contributed by atoms with Crippen molar-refractivity contribution in [3.05, 3.63) is 48.7 Å². The molecule has 1 aromatic rings. The molecule has 0 saturated heterocycles. The number of aromatic nitrogens is 2. The van der Waals surface area contributed by atoms with Gasteiger partial charge in [-0.05, 0) is 19.3 Å². The highest BCUT2D eigenvalue weighted by Gasteiger charge is 2.29. The minimum Gasteiger partial charge on any atom is -0.404 e. The van der Waals surface area contributed by atoms with Gasteiger partial charge in [0, 0.05) is 36.8 Å². The molecule has 1 unspecified atom stereocenters. The average Bonchev–Trinajstić information content (AvgIpc) is 2.64. The fraction of sp³-hybridized carbons (Fsp3) is 0.333. The first-order valence-electron chi connectivity index (χ1n) is 8.08. The summed E-state index contributed by atoms with van der Waals surface area (Å²) < 4.78 is 10.3. The number of nitrogens with zero attached hydrogens (tertiary/aromatic N) is 3. The van der Waals surface area contributed by atoms with Gasteiger partial charge in [0.25, 0.3) is 0 Å². The predicted octanol–water partition coefficient (Wildman–Crippen LogP) is 1.39. The fourth-order valence-electron chi connectivity index (χ4n) is 3.07. The van der Waals surface area contributed by atoms with Crippen molar-refractivity contribution in [2.45, 2.75) is 25.3 Å². The Bertz CT molecular complexity index is 747. The monoisotopic (exact) mass is 341 g/mol. The molecule has 1 aliphatic heterocycles. The highest BCUT2D eigenvalue weighted by Crippen LogP contribution is 2.31. The SMILES string of the molecule is C=CCN(CC=C)C1CCc2nc3nc(c2C1)OC(=O)/C=C\C(=O)O3. The number of hydrogen-bond acceptors (Lipinski definition) is 7. The van der Waals surface area contributed by atoms with Gasteiger partial charge in [-0.1, -0.05) is 12.2 Å². The zero-order chi connectivity index (χ0) is 17.8. The first-order valence-corrected chi connectivity index (χ1v) is 8.08. The third kappa shape index (κ3) is 3.83. The number of esters is 2. The second kappa shape index (κ2) is 7.40. The van der Waals surface area contributed by atoms with Crippen molar-refractivity contribution in [1.82, 2.24) is 14.9 Å². The average molecular weight is 341 g/mol. The Morgan fingerprint density at radius 3 is 2.48 bits per heavy atom. The second-order valence-electron chi connectivity index (χ2n) is 5.84. The summed E-state index contributed by atoms with van der Waals surface area (Å²) in [6.45, 7) is 9.07. The maximum absolute atomic E-state index is 11.8. The van der Waals surface area contributed by atoms with Gasteiger partial charge < -0.3 is 9.47 Å². The molecule has 7 heteroatoms. The first kappa shape index (κ1) is 17.0. The molecule has 25 heavy (non-hydrogen) atoms. The van der Waals surface area contributed by atoms with Crippen LogP contribution in [0.1, 0.15) is 17.7 Å². The van der Waals surface area contributed by atoms with Crippen LogP contribution >= 0.6 is 0 Å². The van der Waals surface area contributed by atoms with Gasteiger partial charge in [0.1, 0.15) is 0 Å². The Balaban J connectivity index is 1.93. The smallest absolute Gasteiger partial charge is 0.338 e. The van der Waals surface area contributed by atoms with E-state index in [1.54, 1.807) is 0 Å². The molecule has 0 N–H and O–H groups in total. The van der Waals surface area contributed by atoms with Crippen LogP contribution in [0.25, 0.3) is 0 Å². The normalized spacial score (nSPS) is 20.4. The Morgan fingerprint density at radius 1 is 1.12 bits per heavy atom. The largest absolute Gasteiger partial charge is 0.404 e. The van der Waals surface area contributed by atoms with E-state index in [9.17, 15) is 9.59 Å². The van der Waals surface area contributed by atoms with E-state index in [1.165, 1.54) is 0 Å². The molecule has 3 rings (SSSR count). The third-order valence-electron chi connectivity index (χ3n) is 4.18. The lowest BCUT2D eigenvalue weighted by Crippen LogP contribution is -2.40. The number of ether oxygens (including phenoxy) is 2. The summed E-state index contributed by atoms with van der Waals surface area (Å²) in [4.78, 5) is 34.1.